The van der Waals surface area contributed by atoms with Gasteiger partial charge in [-0.15, -0.1) is 11.6 Å². The van der Waals surface area contributed by atoms with Gasteiger partial charge in [0, 0.05) is 19.6 Å². The van der Waals surface area contributed by atoms with E-state index in [0.717, 1.165) is 13.1 Å². The third-order valence-electron chi connectivity index (χ3n) is 3.85. The standard InChI is InChI=1S/C19H24ClNO/c1-15-8-9-18(16(2)12-15)19(20)14-21(10-11-22)13-17-6-4-3-5-7-17/h3-9,12,19,22H,10-11,13-14H2,1-2H3. The van der Waals surface area contributed by atoms with Crippen LogP contribution in [-0.4, -0.2) is 29.7 Å². The van der Waals surface area contributed by atoms with Gasteiger partial charge in [-0.2, -0.15) is 0 Å². The van der Waals surface area contributed by atoms with Gasteiger partial charge < -0.3 is 5.11 Å². The third kappa shape index (κ3) is 4.84. The Balaban J connectivity index is 2.06. The minimum Gasteiger partial charge on any atom is -0.395 e. The first-order chi connectivity index (χ1) is 10.6. The summed E-state index contributed by atoms with van der Waals surface area (Å²) in [6.07, 6.45) is 0. The molecule has 1 atom stereocenters. The maximum atomic E-state index is 9.30. The van der Waals surface area contributed by atoms with Gasteiger partial charge in [0.15, 0.2) is 0 Å². The number of hydrogen-bond donors (Lipinski definition) is 1. The van der Waals surface area contributed by atoms with E-state index in [1.165, 1.54) is 22.3 Å². The van der Waals surface area contributed by atoms with E-state index in [1.54, 1.807) is 0 Å². The van der Waals surface area contributed by atoms with Crippen LogP contribution in [0.4, 0.5) is 0 Å². The maximum Gasteiger partial charge on any atom is 0.0715 e. The molecule has 2 aromatic rings. The van der Waals surface area contributed by atoms with E-state index in [0.29, 0.717) is 6.54 Å². The maximum absolute atomic E-state index is 9.30. The molecule has 0 saturated heterocycles. The Morgan fingerprint density at radius 1 is 1.09 bits per heavy atom. The number of nitrogens with zero attached hydrogens (tertiary/aromatic N) is 1. The highest BCUT2D eigenvalue weighted by atomic mass is 35.5. The molecule has 2 aromatic carbocycles. The number of aliphatic hydroxyl groups excluding tert-OH is 1. The third-order valence-corrected chi connectivity index (χ3v) is 4.22. The predicted octanol–water partition coefficient (Wildman–Crippen LogP) is 4.08. The molecule has 0 aliphatic carbocycles. The number of aliphatic hydroxyl groups is 1. The first-order valence-electron chi connectivity index (χ1n) is 7.68. The summed E-state index contributed by atoms with van der Waals surface area (Å²) < 4.78 is 0. The van der Waals surface area contributed by atoms with E-state index < -0.39 is 0 Å². The lowest BCUT2D eigenvalue weighted by Crippen LogP contribution is -2.29. The molecule has 0 aliphatic rings. The summed E-state index contributed by atoms with van der Waals surface area (Å²) in [4.78, 5) is 2.20. The van der Waals surface area contributed by atoms with Crippen molar-refractivity contribution in [1.29, 1.82) is 0 Å². The zero-order chi connectivity index (χ0) is 15.9. The zero-order valence-electron chi connectivity index (χ0n) is 13.3. The van der Waals surface area contributed by atoms with Crippen molar-refractivity contribution in [3.8, 4) is 0 Å². The lowest BCUT2D eigenvalue weighted by molar-refractivity contribution is 0.190. The number of rotatable bonds is 7. The van der Waals surface area contributed by atoms with Crippen molar-refractivity contribution in [2.75, 3.05) is 19.7 Å². The SMILES string of the molecule is Cc1ccc(C(Cl)CN(CCO)Cc2ccccc2)c(C)c1. The molecule has 1 unspecified atom stereocenters. The van der Waals surface area contributed by atoms with Crippen LogP contribution in [0, 0.1) is 13.8 Å². The molecule has 2 rings (SSSR count). The van der Waals surface area contributed by atoms with Gasteiger partial charge in [-0.3, -0.25) is 4.90 Å². The van der Waals surface area contributed by atoms with Crippen LogP contribution in [0.25, 0.3) is 0 Å². The first kappa shape index (κ1) is 17.0. The Bertz CT molecular complexity index is 585. The molecule has 0 saturated carbocycles. The highest BCUT2D eigenvalue weighted by Gasteiger charge is 2.15. The minimum atomic E-state index is -0.0733. The highest BCUT2D eigenvalue weighted by molar-refractivity contribution is 6.21. The summed E-state index contributed by atoms with van der Waals surface area (Å²) >= 11 is 6.64. The summed E-state index contributed by atoms with van der Waals surface area (Å²) in [5, 5.41) is 9.23. The van der Waals surface area contributed by atoms with Crippen LogP contribution in [0.5, 0.6) is 0 Å². The molecular formula is C19H24ClNO. The van der Waals surface area contributed by atoms with Gasteiger partial charge in [-0.25, -0.2) is 0 Å². The minimum absolute atomic E-state index is 0.0733. The monoisotopic (exact) mass is 317 g/mol. The van der Waals surface area contributed by atoms with Crippen molar-refractivity contribution in [1.82, 2.24) is 4.90 Å². The number of aryl methyl sites for hydroxylation is 2. The topological polar surface area (TPSA) is 23.5 Å². The van der Waals surface area contributed by atoms with E-state index in [-0.39, 0.29) is 12.0 Å². The smallest absolute Gasteiger partial charge is 0.0715 e. The van der Waals surface area contributed by atoms with E-state index in [2.05, 4.69) is 49.1 Å². The number of alkyl halides is 1. The van der Waals surface area contributed by atoms with Crippen LogP contribution < -0.4 is 0 Å². The molecular weight excluding hydrogens is 294 g/mol. The Morgan fingerprint density at radius 2 is 1.82 bits per heavy atom. The van der Waals surface area contributed by atoms with Crippen molar-refractivity contribution in [2.45, 2.75) is 25.8 Å². The Labute approximate surface area is 138 Å². The van der Waals surface area contributed by atoms with Crippen LogP contribution in [0.15, 0.2) is 48.5 Å². The second-order valence-electron chi connectivity index (χ2n) is 5.77. The van der Waals surface area contributed by atoms with Crippen molar-refractivity contribution in [3.63, 3.8) is 0 Å². The molecule has 0 bridgehead atoms. The molecule has 0 amide bonds. The molecule has 2 nitrogen and oxygen atoms in total. The van der Waals surface area contributed by atoms with Crippen LogP contribution in [0.3, 0.4) is 0 Å². The Hall–Kier alpha value is -1.35. The lowest BCUT2D eigenvalue weighted by atomic mass is 10.0. The number of hydrogen-bond acceptors (Lipinski definition) is 2. The normalized spacial score (nSPS) is 12.6. The average molecular weight is 318 g/mol. The fourth-order valence-electron chi connectivity index (χ4n) is 2.72. The molecule has 0 aliphatic heterocycles. The van der Waals surface area contributed by atoms with Crippen molar-refractivity contribution >= 4 is 11.6 Å². The fourth-order valence-corrected chi connectivity index (χ4v) is 3.16. The summed E-state index contributed by atoms with van der Waals surface area (Å²) in [6, 6.07) is 16.7. The average Bonchev–Trinajstić information content (AvgIpc) is 2.48. The molecule has 118 valence electrons. The highest BCUT2D eigenvalue weighted by Crippen LogP contribution is 2.26. The van der Waals surface area contributed by atoms with Crippen LogP contribution in [-0.2, 0) is 6.54 Å². The van der Waals surface area contributed by atoms with E-state index >= 15 is 0 Å². The molecule has 3 heteroatoms. The van der Waals surface area contributed by atoms with E-state index in [9.17, 15) is 5.11 Å². The van der Waals surface area contributed by atoms with Gasteiger partial charge >= 0.3 is 0 Å². The first-order valence-corrected chi connectivity index (χ1v) is 8.12. The summed E-state index contributed by atoms with van der Waals surface area (Å²) in [7, 11) is 0. The fraction of sp³-hybridized carbons (Fsp3) is 0.368. The van der Waals surface area contributed by atoms with Gasteiger partial charge in [-0.05, 0) is 30.5 Å². The van der Waals surface area contributed by atoms with Gasteiger partial charge in [0.05, 0.1) is 12.0 Å². The van der Waals surface area contributed by atoms with Crippen LogP contribution in [0.1, 0.15) is 27.6 Å². The zero-order valence-corrected chi connectivity index (χ0v) is 14.1. The molecule has 22 heavy (non-hydrogen) atoms. The molecule has 0 spiro atoms. The largest absolute Gasteiger partial charge is 0.395 e. The van der Waals surface area contributed by atoms with E-state index in [1.807, 2.05) is 18.2 Å². The quantitative estimate of drug-likeness (QED) is 0.778. The summed E-state index contributed by atoms with van der Waals surface area (Å²) in [6.45, 7) is 6.49. The van der Waals surface area contributed by atoms with Crippen LogP contribution >= 0.6 is 11.6 Å². The van der Waals surface area contributed by atoms with Crippen molar-refractivity contribution < 1.29 is 5.11 Å². The van der Waals surface area contributed by atoms with E-state index in [4.69, 9.17) is 11.6 Å². The van der Waals surface area contributed by atoms with Gasteiger partial charge in [-0.1, -0.05) is 54.1 Å². The Kier molecular flexibility index (Phi) is 6.44. The van der Waals surface area contributed by atoms with Crippen LogP contribution in [0.2, 0.25) is 0 Å². The molecule has 1 N–H and O–H groups in total. The number of benzene rings is 2. The number of halogens is 1. The molecule has 0 radical (unpaired) electrons. The predicted molar refractivity (Wildman–Crippen MR) is 93.3 cm³/mol. The molecule has 0 aromatic heterocycles. The molecule has 0 fully saturated rings. The summed E-state index contributed by atoms with van der Waals surface area (Å²) in [5.41, 5.74) is 4.88. The second-order valence-corrected chi connectivity index (χ2v) is 6.30. The van der Waals surface area contributed by atoms with Gasteiger partial charge in [0.1, 0.15) is 0 Å². The summed E-state index contributed by atoms with van der Waals surface area (Å²) in [5.74, 6) is 0. The van der Waals surface area contributed by atoms with Gasteiger partial charge in [0.2, 0.25) is 0 Å². The second kappa shape index (κ2) is 8.33. The molecule has 0 heterocycles. The lowest BCUT2D eigenvalue weighted by Gasteiger charge is -2.25. The Morgan fingerprint density at radius 3 is 2.45 bits per heavy atom. The van der Waals surface area contributed by atoms with Crippen molar-refractivity contribution in [3.05, 3.63) is 70.8 Å². The van der Waals surface area contributed by atoms with Crippen molar-refractivity contribution in [2.24, 2.45) is 0 Å². The van der Waals surface area contributed by atoms with Gasteiger partial charge in [0.25, 0.3) is 0 Å².